The minimum Gasteiger partial charge on any atom is -0.467 e. The predicted octanol–water partition coefficient (Wildman–Crippen LogP) is 4.20. The summed E-state index contributed by atoms with van der Waals surface area (Å²) in [4.78, 5) is 26.1. The van der Waals surface area contributed by atoms with E-state index in [1.54, 1.807) is 4.90 Å². The Morgan fingerprint density at radius 2 is 1.85 bits per heavy atom. The monoisotopic (exact) mass is 361 g/mol. The van der Waals surface area contributed by atoms with E-state index in [2.05, 4.69) is 24.3 Å². The van der Waals surface area contributed by atoms with Crippen molar-refractivity contribution in [2.24, 2.45) is 5.92 Å². The molecular formula is C21H31NO4. The Bertz CT molecular complexity index is 594. The minimum absolute atomic E-state index is 0.308. The summed E-state index contributed by atoms with van der Waals surface area (Å²) in [6.45, 7) is 6.04. The maximum atomic E-state index is 12.4. The highest BCUT2D eigenvalue weighted by Gasteiger charge is 2.41. The molecule has 26 heavy (non-hydrogen) atoms. The van der Waals surface area contributed by atoms with E-state index in [-0.39, 0.29) is 5.97 Å². The number of aryl methyl sites for hydroxylation is 1. The van der Waals surface area contributed by atoms with Gasteiger partial charge in [-0.2, -0.15) is 0 Å². The van der Waals surface area contributed by atoms with Crippen LogP contribution in [0.3, 0.4) is 0 Å². The summed E-state index contributed by atoms with van der Waals surface area (Å²) in [5, 5.41) is 0. The molecule has 1 saturated heterocycles. The third-order valence-corrected chi connectivity index (χ3v) is 4.66. The molecule has 1 aliphatic rings. The first-order valence-corrected chi connectivity index (χ1v) is 9.41. The molecule has 1 heterocycles. The van der Waals surface area contributed by atoms with E-state index >= 15 is 0 Å². The van der Waals surface area contributed by atoms with E-state index in [0.717, 1.165) is 25.7 Å². The van der Waals surface area contributed by atoms with Gasteiger partial charge in [-0.3, -0.25) is 4.90 Å². The van der Waals surface area contributed by atoms with Crippen molar-refractivity contribution in [1.82, 2.24) is 4.90 Å². The second-order valence-electron chi connectivity index (χ2n) is 8.00. The molecule has 5 nitrogen and oxygen atoms in total. The van der Waals surface area contributed by atoms with Gasteiger partial charge in [-0.1, -0.05) is 36.8 Å². The van der Waals surface area contributed by atoms with Crippen LogP contribution in [-0.4, -0.2) is 42.3 Å². The molecule has 2 atom stereocenters. The highest BCUT2D eigenvalue weighted by Crippen LogP contribution is 2.29. The number of likely N-dealkylation sites (tertiary alicyclic amines) is 1. The van der Waals surface area contributed by atoms with Crippen molar-refractivity contribution in [3.8, 4) is 0 Å². The number of ether oxygens (including phenoxy) is 2. The average molecular weight is 361 g/mol. The predicted molar refractivity (Wildman–Crippen MR) is 101 cm³/mol. The number of rotatable bonds is 6. The summed E-state index contributed by atoms with van der Waals surface area (Å²) in [7, 11) is 1.36. The number of amides is 1. The van der Waals surface area contributed by atoms with Crippen LogP contribution in [0, 0.1) is 5.92 Å². The van der Waals surface area contributed by atoms with Crippen LogP contribution in [0.4, 0.5) is 4.79 Å². The first-order valence-electron chi connectivity index (χ1n) is 9.41. The lowest BCUT2D eigenvalue weighted by molar-refractivity contribution is -0.145. The van der Waals surface area contributed by atoms with E-state index in [4.69, 9.17) is 9.47 Å². The van der Waals surface area contributed by atoms with E-state index in [9.17, 15) is 9.59 Å². The molecule has 0 bridgehead atoms. The lowest BCUT2D eigenvalue weighted by atomic mass is 9.97. The molecule has 1 aromatic rings. The Hall–Kier alpha value is -2.04. The van der Waals surface area contributed by atoms with E-state index in [1.165, 1.54) is 12.7 Å². The Morgan fingerprint density at radius 1 is 1.15 bits per heavy atom. The van der Waals surface area contributed by atoms with Gasteiger partial charge in [0, 0.05) is 6.54 Å². The molecule has 0 spiro atoms. The number of carbonyl (C=O) groups is 2. The molecule has 0 aliphatic carbocycles. The van der Waals surface area contributed by atoms with Crippen LogP contribution in [0.25, 0.3) is 0 Å². The van der Waals surface area contributed by atoms with Crippen LogP contribution in [0.2, 0.25) is 0 Å². The molecule has 0 aromatic heterocycles. The number of benzene rings is 1. The van der Waals surface area contributed by atoms with Crippen LogP contribution >= 0.6 is 0 Å². The Kier molecular flexibility index (Phi) is 7.06. The molecule has 0 N–H and O–H groups in total. The average Bonchev–Trinajstić information content (AvgIpc) is 3.02. The third-order valence-electron chi connectivity index (χ3n) is 4.66. The molecule has 0 unspecified atom stereocenters. The van der Waals surface area contributed by atoms with Crippen molar-refractivity contribution in [2.45, 2.75) is 64.5 Å². The standard InChI is InChI=1S/C21H31NO4/c1-21(2,3)26-20(24)22-15-17(14-18(22)19(23)25-4)13-9-8-12-16-10-6-5-7-11-16/h5-7,10-11,17-18H,8-9,12-15H2,1-4H3/t17-,18-/m0/s1. The fourth-order valence-corrected chi connectivity index (χ4v) is 3.42. The van der Waals surface area contributed by atoms with Gasteiger partial charge in [0.1, 0.15) is 11.6 Å². The fraction of sp³-hybridized carbons (Fsp3) is 0.619. The van der Waals surface area contributed by atoms with Crippen molar-refractivity contribution in [3.05, 3.63) is 35.9 Å². The van der Waals surface area contributed by atoms with Gasteiger partial charge in [-0.05, 0) is 57.9 Å². The van der Waals surface area contributed by atoms with Gasteiger partial charge in [0.05, 0.1) is 7.11 Å². The number of unbranched alkanes of at least 4 members (excludes halogenated alkanes) is 1. The highest BCUT2D eigenvalue weighted by molar-refractivity contribution is 5.82. The lowest BCUT2D eigenvalue weighted by Crippen LogP contribution is -2.43. The van der Waals surface area contributed by atoms with Crippen molar-refractivity contribution >= 4 is 12.1 Å². The highest BCUT2D eigenvalue weighted by atomic mass is 16.6. The lowest BCUT2D eigenvalue weighted by Gasteiger charge is -2.27. The van der Waals surface area contributed by atoms with E-state index in [1.807, 2.05) is 26.8 Å². The van der Waals surface area contributed by atoms with Gasteiger partial charge in [-0.15, -0.1) is 0 Å². The number of esters is 1. The van der Waals surface area contributed by atoms with Gasteiger partial charge in [0.2, 0.25) is 0 Å². The number of methoxy groups -OCH3 is 1. The number of carbonyl (C=O) groups excluding carboxylic acids is 2. The first kappa shape index (κ1) is 20.3. The zero-order valence-corrected chi connectivity index (χ0v) is 16.4. The molecule has 144 valence electrons. The quantitative estimate of drug-likeness (QED) is 0.563. The van der Waals surface area contributed by atoms with Crippen molar-refractivity contribution in [1.29, 1.82) is 0 Å². The van der Waals surface area contributed by atoms with Crippen LogP contribution in [0.15, 0.2) is 30.3 Å². The molecular weight excluding hydrogens is 330 g/mol. The topological polar surface area (TPSA) is 55.8 Å². The third kappa shape index (κ3) is 6.04. The van der Waals surface area contributed by atoms with Gasteiger partial charge in [0.15, 0.2) is 0 Å². The smallest absolute Gasteiger partial charge is 0.411 e. The van der Waals surface area contributed by atoms with Crippen molar-refractivity contribution in [2.75, 3.05) is 13.7 Å². The van der Waals surface area contributed by atoms with Crippen LogP contribution in [0.1, 0.15) is 52.0 Å². The molecule has 0 radical (unpaired) electrons. The minimum atomic E-state index is -0.578. The normalized spacial score (nSPS) is 20.1. The van der Waals surface area contributed by atoms with Gasteiger partial charge in [0.25, 0.3) is 0 Å². The SMILES string of the molecule is COC(=O)[C@@H]1C[C@H](CCCCc2ccccc2)CN1C(=O)OC(C)(C)C. The van der Waals surface area contributed by atoms with Crippen LogP contribution in [0.5, 0.6) is 0 Å². The summed E-state index contributed by atoms with van der Waals surface area (Å²) in [6.07, 6.45) is 4.46. The van der Waals surface area contributed by atoms with Crippen LogP contribution in [-0.2, 0) is 20.7 Å². The molecule has 1 fully saturated rings. The summed E-state index contributed by atoms with van der Waals surface area (Å²) < 4.78 is 10.3. The van der Waals surface area contributed by atoms with Crippen molar-refractivity contribution in [3.63, 3.8) is 0 Å². The maximum Gasteiger partial charge on any atom is 0.411 e. The maximum absolute atomic E-state index is 12.4. The van der Waals surface area contributed by atoms with Crippen LogP contribution < -0.4 is 0 Å². The Balaban J connectivity index is 1.86. The summed E-state index contributed by atoms with van der Waals surface area (Å²) in [5.41, 5.74) is 0.771. The number of hydrogen-bond donors (Lipinski definition) is 0. The van der Waals surface area contributed by atoms with Gasteiger partial charge in [-0.25, -0.2) is 9.59 Å². The van der Waals surface area contributed by atoms with E-state index in [0.29, 0.717) is 18.9 Å². The summed E-state index contributed by atoms with van der Waals surface area (Å²) in [5.74, 6) is -0.0509. The Morgan fingerprint density at radius 3 is 2.46 bits per heavy atom. The molecule has 1 aliphatic heterocycles. The zero-order valence-electron chi connectivity index (χ0n) is 16.4. The largest absolute Gasteiger partial charge is 0.467 e. The second-order valence-corrected chi connectivity index (χ2v) is 8.00. The number of hydrogen-bond acceptors (Lipinski definition) is 4. The zero-order chi connectivity index (χ0) is 19.2. The first-order chi connectivity index (χ1) is 12.3. The number of nitrogens with zero attached hydrogens (tertiary/aromatic N) is 1. The van der Waals surface area contributed by atoms with Crippen molar-refractivity contribution < 1.29 is 19.1 Å². The second kappa shape index (κ2) is 9.06. The summed E-state index contributed by atoms with van der Waals surface area (Å²) in [6, 6.07) is 9.91. The fourth-order valence-electron chi connectivity index (χ4n) is 3.42. The summed E-state index contributed by atoms with van der Waals surface area (Å²) >= 11 is 0. The molecule has 2 rings (SSSR count). The molecule has 5 heteroatoms. The van der Waals surface area contributed by atoms with E-state index < -0.39 is 17.7 Å². The van der Waals surface area contributed by atoms with Gasteiger partial charge < -0.3 is 9.47 Å². The molecule has 0 saturated carbocycles. The molecule has 1 amide bonds. The molecule has 1 aromatic carbocycles. The Labute approximate surface area is 156 Å². The van der Waals surface area contributed by atoms with Gasteiger partial charge >= 0.3 is 12.1 Å².